The minimum Gasteiger partial charge on any atom is -0.380 e. The molecule has 7 nitrogen and oxygen atoms in total. The second-order valence-electron chi connectivity index (χ2n) is 8.90. The zero-order chi connectivity index (χ0) is 22.3. The number of likely N-dealkylation sites (tertiary alicyclic amines) is 1. The number of rotatable bonds is 6. The van der Waals surface area contributed by atoms with E-state index in [0.717, 1.165) is 55.7 Å². The lowest BCUT2D eigenvalue weighted by molar-refractivity contribution is 0.121. The van der Waals surface area contributed by atoms with Crippen molar-refractivity contribution in [3.8, 4) is 0 Å². The Balaban J connectivity index is 1.52. The number of ether oxygens (including phenoxy) is 1. The number of benzene rings is 1. The normalized spacial score (nSPS) is 22.2. The van der Waals surface area contributed by atoms with Crippen molar-refractivity contribution >= 4 is 26.7 Å². The number of likely N-dealkylation sites (N-methyl/N-ethyl adjacent to an activating group) is 1. The summed E-state index contributed by atoms with van der Waals surface area (Å²) in [6.45, 7) is 2.72. The number of hydrogen-bond donors (Lipinski definition) is 0. The fraction of sp³-hybridized carbons (Fsp3) is 0.458. The van der Waals surface area contributed by atoms with E-state index in [1.165, 1.54) is 10.4 Å². The van der Waals surface area contributed by atoms with Crippen LogP contribution in [-0.4, -0.2) is 68.2 Å². The van der Waals surface area contributed by atoms with E-state index in [-0.39, 0.29) is 6.10 Å². The predicted octanol–water partition coefficient (Wildman–Crippen LogP) is 3.14. The molecule has 0 saturated carbocycles. The molecule has 2 aromatic heterocycles. The lowest BCUT2D eigenvalue weighted by Crippen LogP contribution is -2.26. The first kappa shape index (κ1) is 21.4. The van der Waals surface area contributed by atoms with E-state index < -0.39 is 10.0 Å². The van der Waals surface area contributed by atoms with Crippen LogP contribution in [0, 0.1) is 0 Å². The van der Waals surface area contributed by atoms with Crippen molar-refractivity contribution in [3.05, 3.63) is 54.4 Å². The quantitative estimate of drug-likeness (QED) is 0.570. The first-order valence-electron chi connectivity index (χ1n) is 11.3. The molecule has 0 radical (unpaired) electrons. The smallest absolute Gasteiger partial charge is 0.268 e. The number of pyridine rings is 1. The Hall–Kier alpha value is -2.42. The third kappa shape index (κ3) is 3.80. The van der Waals surface area contributed by atoms with Gasteiger partial charge in [0.1, 0.15) is 0 Å². The molecule has 0 aliphatic carbocycles. The molecule has 8 heteroatoms. The highest BCUT2D eigenvalue weighted by Gasteiger charge is 2.27. The summed E-state index contributed by atoms with van der Waals surface area (Å²) in [7, 11) is 0.103. The molecule has 0 amide bonds. The zero-order valence-corrected chi connectivity index (χ0v) is 19.5. The monoisotopic (exact) mass is 454 g/mol. The van der Waals surface area contributed by atoms with Gasteiger partial charge in [-0.15, -0.1) is 0 Å². The first-order chi connectivity index (χ1) is 15.5. The number of aromatic nitrogens is 2. The second kappa shape index (κ2) is 8.50. The van der Waals surface area contributed by atoms with E-state index in [1.807, 2.05) is 18.2 Å². The van der Waals surface area contributed by atoms with Crippen LogP contribution in [0.4, 0.5) is 5.69 Å². The van der Waals surface area contributed by atoms with Crippen molar-refractivity contribution in [1.82, 2.24) is 13.9 Å². The van der Waals surface area contributed by atoms with Crippen molar-refractivity contribution < 1.29 is 13.2 Å². The highest BCUT2D eigenvalue weighted by Crippen LogP contribution is 2.30. The molecule has 2 atom stereocenters. The van der Waals surface area contributed by atoms with Gasteiger partial charge in [-0.05, 0) is 75.2 Å². The number of nitrogens with zero attached hydrogens (tertiary/aromatic N) is 4. The van der Waals surface area contributed by atoms with Gasteiger partial charge in [0, 0.05) is 44.3 Å². The average molecular weight is 455 g/mol. The summed E-state index contributed by atoms with van der Waals surface area (Å²) in [5.74, 6) is 0. The minimum absolute atomic E-state index is 0.186. The molecule has 0 bridgehead atoms. The largest absolute Gasteiger partial charge is 0.380 e. The molecule has 2 fully saturated rings. The summed E-state index contributed by atoms with van der Waals surface area (Å²) in [6.07, 6.45) is 7.76. The molecular weight excluding hydrogens is 424 g/mol. The van der Waals surface area contributed by atoms with Crippen LogP contribution in [0.15, 0.2) is 53.7 Å². The van der Waals surface area contributed by atoms with Gasteiger partial charge in [0.05, 0.1) is 22.0 Å². The van der Waals surface area contributed by atoms with Crippen LogP contribution in [0.25, 0.3) is 11.0 Å². The average Bonchev–Trinajstić information content (AvgIpc) is 3.54. The maximum atomic E-state index is 13.7. The van der Waals surface area contributed by atoms with Crippen LogP contribution in [0.2, 0.25) is 0 Å². The Morgan fingerprint density at radius 1 is 1.16 bits per heavy atom. The van der Waals surface area contributed by atoms with E-state index >= 15 is 0 Å². The number of hydrogen-bond acceptors (Lipinski definition) is 6. The van der Waals surface area contributed by atoms with Crippen LogP contribution in [-0.2, 0) is 21.2 Å². The summed E-state index contributed by atoms with van der Waals surface area (Å²) >= 11 is 0. The van der Waals surface area contributed by atoms with Gasteiger partial charge in [0.25, 0.3) is 10.0 Å². The number of anilines is 1. The summed E-state index contributed by atoms with van der Waals surface area (Å²) in [5.41, 5.74) is 3.30. The number of methoxy groups -OCH3 is 1. The first-order valence-corrected chi connectivity index (χ1v) is 12.7. The van der Waals surface area contributed by atoms with Gasteiger partial charge in [-0.1, -0.05) is 6.07 Å². The van der Waals surface area contributed by atoms with Crippen LogP contribution in [0.5, 0.6) is 0 Å². The van der Waals surface area contributed by atoms with Crippen LogP contribution >= 0.6 is 0 Å². The fourth-order valence-corrected chi connectivity index (χ4v) is 6.46. The van der Waals surface area contributed by atoms with Crippen molar-refractivity contribution in [1.29, 1.82) is 0 Å². The molecule has 2 aliphatic rings. The summed E-state index contributed by atoms with van der Waals surface area (Å²) in [6, 6.07) is 11.3. The van der Waals surface area contributed by atoms with E-state index in [9.17, 15) is 8.42 Å². The topological polar surface area (TPSA) is 67.7 Å². The maximum absolute atomic E-state index is 13.7. The van der Waals surface area contributed by atoms with Gasteiger partial charge < -0.3 is 14.5 Å². The van der Waals surface area contributed by atoms with Crippen molar-refractivity contribution in [2.45, 2.75) is 42.7 Å². The van der Waals surface area contributed by atoms with E-state index in [4.69, 9.17) is 4.74 Å². The highest BCUT2D eigenvalue weighted by atomic mass is 32.2. The van der Waals surface area contributed by atoms with Crippen LogP contribution in [0.1, 0.15) is 24.8 Å². The molecular formula is C24H30N4O3S. The molecule has 32 heavy (non-hydrogen) atoms. The molecule has 5 rings (SSSR count). The Morgan fingerprint density at radius 2 is 2.03 bits per heavy atom. The molecule has 0 spiro atoms. The van der Waals surface area contributed by atoms with E-state index in [1.54, 1.807) is 37.7 Å². The Bertz CT molecular complexity index is 1220. The molecule has 3 aromatic rings. The van der Waals surface area contributed by atoms with Crippen molar-refractivity contribution in [2.24, 2.45) is 0 Å². The van der Waals surface area contributed by atoms with E-state index in [0.29, 0.717) is 16.5 Å². The van der Waals surface area contributed by atoms with Gasteiger partial charge in [0.15, 0.2) is 0 Å². The molecule has 0 unspecified atom stereocenters. The standard InChI is InChI=1S/C24H30N4O3S/c1-26-12-5-7-19(26)14-18-16-28(23-9-4-11-25-24(18)23)32(29,30)22-8-3-6-20(15-22)27-13-10-21(17-27)31-2/h3-4,6,8-9,11,15-16,19,21H,5,7,10,12-14,17H2,1-2H3/t19-,21-/m1/s1. The third-order valence-corrected chi connectivity index (χ3v) is 8.62. The van der Waals surface area contributed by atoms with Gasteiger partial charge >= 0.3 is 0 Å². The van der Waals surface area contributed by atoms with Gasteiger partial charge in [-0.2, -0.15) is 0 Å². The molecule has 1 aromatic carbocycles. The van der Waals surface area contributed by atoms with Crippen LogP contribution in [0.3, 0.4) is 0 Å². The van der Waals surface area contributed by atoms with Gasteiger partial charge in [0.2, 0.25) is 0 Å². The Kier molecular flexibility index (Phi) is 5.69. The molecule has 170 valence electrons. The lowest BCUT2D eigenvalue weighted by Gasteiger charge is -2.19. The van der Waals surface area contributed by atoms with Gasteiger partial charge in [-0.25, -0.2) is 12.4 Å². The third-order valence-electron chi connectivity index (χ3n) is 6.95. The zero-order valence-electron chi connectivity index (χ0n) is 18.6. The molecule has 2 aliphatic heterocycles. The number of fused-ring (bicyclic) bond motifs is 1. The lowest BCUT2D eigenvalue weighted by atomic mass is 10.1. The van der Waals surface area contributed by atoms with Crippen molar-refractivity contribution in [3.63, 3.8) is 0 Å². The predicted molar refractivity (Wildman–Crippen MR) is 126 cm³/mol. The molecule has 0 N–H and O–H groups in total. The molecule has 2 saturated heterocycles. The summed E-state index contributed by atoms with van der Waals surface area (Å²) < 4.78 is 34.3. The maximum Gasteiger partial charge on any atom is 0.268 e. The highest BCUT2D eigenvalue weighted by molar-refractivity contribution is 7.90. The van der Waals surface area contributed by atoms with Crippen LogP contribution < -0.4 is 4.90 Å². The second-order valence-corrected chi connectivity index (χ2v) is 10.7. The summed E-state index contributed by atoms with van der Waals surface area (Å²) in [5, 5.41) is 0. The Morgan fingerprint density at radius 3 is 2.78 bits per heavy atom. The molecule has 4 heterocycles. The van der Waals surface area contributed by atoms with Gasteiger partial charge in [-0.3, -0.25) is 4.98 Å². The Labute approximate surface area is 189 Å². The summed E-state index contributed by atoms with van der Waals surface area (Å²) in [4.78, 5) is 9.38. The van der Waals surface area contributed by atoms with E-state index in [2.05, 4.69) is 21.8 Å². The fourth-order valence-electron chi connectivity index (χ4n) is 5.04. The van der Waals surface area contributed by atoms with Crippen molar-refractivity contribution in [2.75, 3.05) is 38.7 Å². The SMILES string of the molecule is CO[C@@H]1CCN(c2cccc(S(=O)(=O)n3cc(C[C@H]4CCCN4C)c4ncccc43)c2)C1. The minimum atomic E-state index is -3.76.